The standard InChI is InChI=1S/C14H14ClN5O2S/c1-7-8(5-16)13(23-11(7)14(22)19(2)3)17-12(21)10-9(15)6-20(4)18-10/h6H,1-4H3,(H,17,21). The topological polar surface area (TPSA) is 91.0 Å². The average Bonchev–Trinajstić information content (AvgIpc) is 2.97. The van der Waals surface area contributed by atoms with Crippen LogP contribution >= 0.6 is 22.9 Å². The zero-order valence-corrected chi connectivity index (χ0v) is 14.5. The molecule has 0 fully saturated rings. The van der Waals surface area contributed by atoms with Crippen molar-refractivity contribution >= 4 is 39.8 Å². The summed E-state index contributed by atoms with van der Waals surface area (Å²) in [6.45, 7) is 1.68. The van der Waals surface area contributed by atoms with E-state index in [0.717, 1.165) is 11.3 Å². The van der Waals surface area contributed by atoms with Crippen LogP contribution in [0.2, 0.25) is 5.02 Å². The van der Waals surface area contributed by atoms with Crippen LogP contribution in [-0.4, -0.2) is 40.6 Å². The summed E-state index contributed by atoms with van der Waals surface area (Å²) in [4.78, 5) is 26.2. The van der Waals surface area contributed by atoms with Gasteiger partial charge in [0.05, 0.1) is 15.5 Å². The maximum absolute atomic E-state index is 12.3. The molecule has 0 aliphatic carbocycles. The van der Waals surface area contributed by atoms with Crippen molar-refractivity contribution in [2.45, 2.75) is 6.92 Å². The summed E-state index contributed by atoms with van der Waals surface area (Å²) in [5.74, 6) is -0.752. The molecular formula is C14H14ClN5O2S. The smallest absolute Gasteiger partial charge is 0.278 e. The number of amides is 2. The third-order valence-corrected chi connectivity index (χ3v) is 4.56. The fraction of sp³-hybridized carbons (Fsp3) is 0.286. The Labute approximate surface area is 142 Å². The van der Waals surface area contributed by atoms with Gasteiger partial charge in [-0.3, -0.25) is 14.3 Å². The van der Waals surface area contributed by atoms with Gasteiger partial charge in [0.2, 0.25) is 0 Å². The van der Waals surface area contributed by atoms with Crippen molar-refractivity contribution < 1.29 is 9.59 Å². The maximum atomic E-state index is 12.3. The van der Waals surface area contributed by atoms with Gasteiger partial charge in [0, 0.05) is 27.3 Å². The van der Waals surface area contributed by atoms with Crippen LogP contribution in [0.5, 0.6) is 0 Å². The van der Waals surface area contributed by atoms with Crippen LogP contribution in [0.1, 0.15) is 31.3 Å². The van der Waals surface area contributed by atoms with Crippen molar-refractivity contribution in [1.82, 2.24) is 14.7 Å². The summed E-state index contributed by atoms with van der Waals surface area (Å²) < 4.78 is 1.42. The first-order valence-electron chi connectivity index (χ1n) is 6.51. The molecule has 0 unspecified atom stereocenters. The van der Waals surface area contributed by atoms with Crippen LogP contribution in [0.25, 0.3) is 0 Å². The Morgan fingerprint density at radius 3 is 2.61 bits per heavy atom. The molecule has 0 saturated carbocycles. The van der Waals surface area contributed by atoms with Crippen molar-refractivity contribution in [3.63, 3.8) is 0 Å². The van der Waals surface area contributed by atoms with E-state index < -0.39 is 5.91 Å². The highest BCUT2D eigenvalue weighted by atomic mass is 35.5. The Bertz CT molecular complexity index is 831. The molecule has 0 spiro atoms. The summed E-state index contributed by atoms with van der Waals surface area (Å²) >= 11 is 7.00. The van der Waals surface area contributed by atoms with E-state index in [1.54, 1.807) is 28.1 Å². The van der Waals surface area contributed by atoms with Gasteiger partial charge in [-0.1, -0.05) is 11.6 Å². The Hall–Kier alpha value is -2.37. The first-order chi connectivity index (χ1) is 10.8. The van der Waals surface area contributed by atoms with Gasteiger partial charge in [0.1, 0.15) is 11.1 Å². The highest BCUT2D eigenvalue weighted by molar-refractivity contribution is 7.18. The lowest BCUT2D eigenvalue weighted by Crippen LogP contribution is -2.21. The van der Waals surface area contributed by atoms with E-state index in [2.05, 4.69) is 10.4 Å². The van der Waals surface area contributed by atoms with Crippen LogP contribution in [0.15, 0.2) is 6.20 Å². The molecule has 0 atom stereocenters. The largest absolute Gasteiger partial charge is 0.344 e. The molecule has 0 bridgehead atoms. The highest BCUT2D eigenvalue weighted by Gasteiger charge is 2.24. The van der Waals surface area contributed by atoms with Crippen LogP contribution in [0.4, 0.5) is 5.00 Å². The number of aromatic nitrogens is 2. The van der Waals surface area contributed by atoms with Crippen molar-refractivity contribution in [3.8, 4) is 6.07 Å². The SMILES string of the molecule is Cc1c(C(=O)N(C)C)sc(NC(=O)c2nn(C)cc2Cl)c1C#N. The molecule has 2 amide bonds. The normalized spacial score (nSPS) is 10.3. The first kappa shape index (κ1) is 17.0. The number of thiophene rings is 1. The number of anilines is 1. The monoisotopic (exact) mass is 351 g/mol. The number of carbonyl (C=O) groups is 2. The molecule has 2 heterocycles. The number of rotatable bonds is 3. The fourth-order valence-corrected chi connectivity index (χ4v) is 3.36. The molecule has 7 nitrogen and oxygen atoms in total. The summed E-state index contributed by atoms with van der Waals surface area (Å²) in [7, 11) is 4.89. The third-order valence-electron chi connectivity index (χ3n) is 3.09. The zero-order valence-electron chi connectivity index (χ0n) is 13.0. The van der Waals surface area contributed by atoms with Gasteiger partial charge in [0.15, 0.2) is 5.69 Å². The number of halogens is 1. The molecule has 9 heteroatoms. The fourth-order valence-electron chi connectivity index (χ4n) is 1.92. The molecule has 0 aromatic carbocycles. The lowest BCUT2D eigenvalue weighted by Gasteiger charge is -2.08. The number of hydrogen-bond donors (Lipinski definition) is 1. The van der Waals surface area contributed by atoms with E-state index in [4.69, 9.17) is 11.6 Å². The van der Waals surface area contributed by atoms with Gasteiger partial charge in [-0.05, 0) is 12.5 Å². The van der Waals surface area contributed by atoms with E-state index in [0.29, 0.717) is 15.4 Å². The van der Waals surface area contributed by atoms with E-state index in [1.165, 1.54) is 15.8 Å². The minimum atomic E-state index is -0.530. The summed E-state index contributed by atoms with van der Waals surface area (Å²) in [5.41, 5.74) is 0.865. The predicted molar refractivity (Wildman–Crippen MR) is 88.0 cm³/mol. The van der Waals surface area contributed by atoms with Crippen molar-refractivity contribution in [3.05, 3.63) is 32.9 Å². The van der Waals surface area contributed by atoms with Crippen molar-refractivity contribution in [1.29, 1.82) is 5.26 Å². The molecule has 1 N–H and O–H groups in total. The molecule has 2 aromatic rings. The molecule has 23 heavy (non-hydrogen) atoms. The Balaban J connectivity index is 2.39. The second-order valence-corrected chi connectivity index (χ2v) is 6.45. The molecule has 0 aliphatic heterocycles. The summed E-state index contributed by atoms with van der Waals surface area (Å²) in [6.07, 6.45) is 1.50. The van der Waals surface area contributed by atoms with Crippen LogP contribution in [0, 0.1) is 18.3 Å². The second-order valence-electron chi connectivity index (χ2n) is 5.03. The number of nitrogens with zero attached hydrogens (tertiary/aromatic N) is 4. The number of carbonyl (C=O) groups excluding carboxylic acids is 2. The zero-order chi connectivity index (χ0) is 17.3. The van der Waals surface area contributed by atoms with Gasteiger partial charge in [-0.25, -0.2) is 0 Å². The van der Waals surface area contributed by atoms with Gasteiger partial charge in [-0.2, -0.15) is 10.4 Å². The Kier molecular flexibility index (Phi) is 4.73. The molecule has 120 valence electrons. The Morgan fingerprint density at radius 1 is 1.48 bits per heavy atom. The lowest BCUT2D eigenvalue weighted by molar-refractivity contribution is 0.0831. The van der Waals surface area contributed by atoms with Gasteiger partial charge < -0.3 is 10.2 Å². The number of nitrogens with one attached hydrogen (secondary N) is 1. The number of hydrogen-bond acceptors (Lipinski definition) is 5. The second kappa shape index (κ2) is 6.40. The minimum absolute atomic E-state index is 0.0598. The van der Waals surface area contributed by atoms with Crippen LogP contribution < -0.4 is 5.32 Å². The van der Waals surface area contributed by atoms with E-state index in [-0.39, 0.29) is 22.2 Å². The molecule has 0 radical (unpaired) electrons. The van der Waals surface area contributed by atoms with Crippen molar-refractivity contribution in [2.24, 2.45) is 7.05 Å². The Morgan fingerprint density at radius 2 is 2.13 bits per heavy atom. The van der Waals surface area contributed by atoms with Gasteiger partial charge in [0.25, 0.3) is 11.8 Å². The summed E-state index contributed by atoms with van der Waals surface area (Å²) in [5, 5.41) is 16.4. The first-order valence-corrected chi connectivity index (χ1v) is 7.71. The van der Waals surface area contributed by atoms with Crippen LogP contribution in [-0.2, 0) is 7.05 Å². The molecule has 2 aromatic heterocycles. The number of nitriles is 1. The van der Waals surface area contributed by atoms with E-state index >= 15 is 0 Å². The molecule has 0 saturated heterocycles. The maximum Gasteiger partial charge on any atom is 0.278 e. The van der Waals surface area contributed by atoms with Crippen LogP contribution in [0.3, 0.4) is 0 Å². The average molecular weight is 352 g/mol. The quantitative estimate of drug-likeness (QED) is 0.918. The molecular weight excluding hydrogens is 338 g/mol. The van der Waals surface area contributed by atoms with Gasteiger partial charge >= 0.3 is 0 Å². The molecule has 0 aliphatic rings. The van der Waals surface area contributed by atoms with E-state index in [1.807, 2.05) is 6.07 Å². The van der Waals surface area contributed by atoms with E-state index in [9.17, 15) is 14.9 Å². The lowest BCUT2D eigenvalue weighted by atomic mass is 10.1. The van der Waals surface area contributed by atoms with Crippen molar-refractivity contribution in [2.75, 3.05) is 19.4 Å². The predicted octanol–water partition coefficient (Wildman–Crippen LogP) is 2.27. The molecule has 2 rings (SSSR count). The minimum Gasteiger partial charge on any atom is -0.344 e. The summed E-state index contributed by atoms with van der Waals surface area (Å²) in [6, 6.07) is 2.02. The van der Waals surface area contributed by atoms with Gasteiger partial charge in [-0.15, -0.1) is 11.3 Å². The highest BCUT2D eigenvalue weighted by Crippen LogP contribution is 2.33. The number of aryl methyl sites for hydroxylation is 1. The third kappa shape index (κ3) is 3.21.